The second-order valence-corrected chi connectivity index (χ2v) is 6.78. The fourth-order valence-corrected chi connectivity index (χ4v) is 3.19. The molecule has 0 aliphatic rings. The van der Waals surface area contributed by atoms with Crippen molar-refractivity contribution in [2.24, 2.45) is 0 Å². The first-order chi connectivity index (χ1) is 8.97. The summed E-state index contributed by atoms with van der Waals surface area (Å²) in [4.78, 5) is 0. The zero-order valence-corrected chi connectivity index (χ0v) is 14.8. The predicted molar refractivity (Wildman–Crippen MR) is 88.0 cm³/mol. The van der Waals surface area contributed by atoms with Crippen molar-refractivity contribution < 1.29 is 4.39 Å². The summed E-state index contributed by atoms with van der Waals surface area (Å²) in [7, 11) is 0. The zero-order chi connectivity index (χ0) is 14.0. The van der Waals surface area contributed by atoms with Crippen LogP contribution in [0, 0.1) is 5.82 Å². The van der Waals surface area contributed by atoms with Gasteiger partial charge in [0.25, 0.3) is 0 Å². The Kier molecular flexibility index (Phi) is 5.03. The molecule has 2 aromatic rings. The Morgan fingerprint density at radius 2 is 1.74 bits per heavy atom. The van der Waals surface area contributed by atoms with E-state index in [4.69, 9.17) is 0 Å². The molecule has 1 nitrogen and oxygen atoms in total. The van der Waals surface area contributed by atoms with Crippen LogP contribution in [0.15, 0.2) is 49.8 Å². The molecule has 1 N–H and O–H groups in total. The first-order valence-electron chi connectivity index (χ1n) is 5.64. The fourth-order valence-electron chi connectivity index (χ4n) is 1.77. The monoisotopic (exact) mass is 449 g/mol. The normalized spacial score (nSPS) is 12.3. The molecule has 2 rings (SSSR count). The van der Waals surface area contributed by atoms with Gasteiger partial charge in [-0.25, -0.2) is 4.39 Å². The SMILES string of the molecule is CC(Nc1cc(Br)ccc1Br)c1ccc(F)cc1Br. The van der Waals surface area contributed by atoms with Crippen molar-refractivity contribution in [2.45, 2.75) is 13.0 Å². The van der Waals surface area contributed by atoms with Crippen LogP contribution < -0.4 is 5.32 Å². The third-order valence-corrected chi connectivity index (χ3v) is 4.60. The summed E-state index contributed by atoms with van der Waals surface area (Å²) in [5, 5.41) is 3.40. The number of rotatable bonds is 3. The Morgan fingerprint density at radius 3 is 2.42 bits per heavy atom. The van der Waals surface area contributed by atoms with Crippen molar-refractivity contribution in [3.05, 3.63) is 61.2 Å². The van der Waals surface area contributed by atoms with Crippen LogP contribution in [-0.4, -0.2) is 0 Å². The Labute approximate surface area is 137 Å². The topological polar surface area (TPSA) is 12.0 Å². The lowest BCUT2D eigenvalue weighted by Crippen LogP contribution is -2.08. The van der Waals surface area contributed by atoms with Gasteiger partial charge in [0.05, 0.1) is 5.69 Å². The molecule has 0 heterocycles. The molecule has 0 aliphatic heterocycles. The summed E-state index contributed by atoms with van der Waals surface area (Å²) in [6, 6.07) is 10.7. The Hall–Kier alpha value is -0.390. The van der Waals surface area contributed by atoms with E-state index in [1.54, 1.807) is 6.07 Å². The molecule has 0 aromatic heterocycles. The highest BCUT2D eigenvalue weighted by Crippen LogP contribution is 2.31. The molecule has 100 valence electrons. The molecule has 0 amide bonds. The Bertz CT molecular complexity index is 601. The first kappa shape index (κ1) is 15.0. The van der Waals surface area contributed by atoms with Crippen molar-refractivity contribution >= 4 is 53.5 Å². The molecular weight excluding hydrogens is 441 g/mol. The maximum absolute atomic E-state index is 13.1. The van der Waals surface area contributed by atoms with Gasteiger partial charge in [0.1, 0.15) is 5.82 Å². The number of nitrogens with one attached hydrogen (secondary N) is 1. The van der Waals surface area contributed by atoms with E-state index in [-0.39, 0.29) is 11.9 Å². The van der Waals surface area contributed by atoms with Gasteiger partial charge in [-0.15, -0.1) is 0 Å². The lowest BCUT2D eigenvalue weighted by molar-refractivity contribution is 0.625. The molecule has 0 radical (unpaired) electrons. The predicted octanol–water partition coefficient (Wildman–Crippen LogP) is 6.29. The molecule has 5 heteroatoms. The van der Waals surface area contributed by atoms with Crippen molar-refractivity contribution in [2.75, 3.05) is 5.32 Å². The van der Waals surface area contributed by atoms with Crippen molar-refractivity contribution in [3.8, 4) is 0 Å². The first-order valence-corrected chi connectivity index (χ1v) is 8.02. The lowest BCUT2D eigenvalue weighted by atomic mass is 10.1. The van der Waals surface area contributed by atoms with Gasteiger partial charge in [0.2, 0.25) is 0 Å². The number of halogens is 4. The molecule has 2 aromatic carbocycles. The third kappa shape index (κ3) is 3.80. The highest BCUT2D eigenvalue weighted by molar-refractivity contribution is 9.11. The van der Waals surface area contributed by atoms with Gasteiger partial charge in [0.15, 0.2) is 0 Å². The summed E-state index contributed by atoms with van der Waals surface area (Å²) in [5.41, 5.74) is 1.99. The van der Waals surface area contributed by atoms with Crippen LogP contribution in [0.3, 0.4) is 0 Å². The van der Waals surface area contributed by atoms with Crippen LogP contribution >= 0.6 is 47.8 Å². The van der Waals surface area contributed by atoms with Crippen molar-refractivity contribution in [3.63, 3.8) is 0 Å². The average Bonchev–Trinajstić information content (AvgIpc) is 2.33. The summed E-state index contributed by atoms with van der Waals surface area (Å²) in [6.07, 6.45) is 0. The fraction of sp³-hybridized carbons (Fsp3) is 0.143. The molecule has 1 unspecified atom stereocenters. The highest BCUT2D eigenvalue weighted by Gasteiger charge is 2.11. The van der Waals surface area contributed by atoms with Gasteiger partial charge in [-0.3, -0.25) is 0 Å². The smallest absolute Gasteiger partial charge is 0.124 e. The van der Waals surface area contributed by atoms with Crippen LogP contribution in [0.2, 0.25) is 0 Å². The molecular formula is C14H11Br3FN. The van der Waals surface area contributed by atoms with E-state index >= 15 is 0 Å². The summed E-state index contributed by atoms with van der Waals surface area (Å²) >= 11 is 10.3. The van der Waals surface area contributed by atoms with Gasteiger partial charge in [0, 0.05) is 19.5 Å². The van der Waals surface area contributed by atoms with E-state index in [0.29, 0.717) is 0 Å². The standard InChI is InChI=1S/C14H11Br3FN/c1-8(11-4-3-10(18)7-13(11)17)19-14-6-9(15)2-5-12(14)16/h2-8,19H,1H3. The van der Waals surface area contributed by atoms with Gasteiger partial charge >= 0.3 is 0 Å². The highest BCUT2D eigenvalue weighted by atomic mass is 79.9. The second kappa shape index (κ2) is 6.37. The van der Waals surface area contributed by atoms with Crippen molar-refractivity contribution in [1.82, 2.24) is 0 Å². The van der Waals surface area contributed by atoms with E-state index in [2.05, 4.69) is 53.1 Å². The van der Waals surface area contributed by atoms with E-state index < -0.39 is 0 Å². The number of benzene rings is 2. The molecule has 19 heavy (non-hydrogen) atoms. The largest absolute Gasteiger partial charge is 0.378 e. The molecule has 0 saturated heterocycles. The molecule has 0 spiro atoms. The van der Waals surface area contributed by atoms with Gasteiger partial charge in [-0.05, 0) is 58.7 Å². The summed E-state index contributed by atoms with van der Waals surface area (Å²) in [5.74, 6) is -0.244. The van der Waals surface area contributed by atoms with Crippen LogP contribution in [0.4, 0.5) is 10.1 Å². The van der Waals surface area contributed by atoms with E-state index in [0.717, 1.165) is 24.7 Å². The maximum atomic E-state index is 13.1. The Morgan fingerprint density at radius 1 is 1.00 bits per heavy atom. The lowest BCUT2D eigenvalue weighted by Gasteiger charge is -2.18. The van der Waals surface area contributed by atoms with Gasteiger partial charge in [-0.1, -0.05) is 37.9 Å². The maximum Gasteiger partial charge on any atom is 0.124 e. The molecule has 0 fully saturated rings. The molecule has 0 saturated carbocycles. The van der Waals surface area contributed by atoms with E-state index in [1.807, 2.05) is 25.1 Å². The number of hydrogen-bond donors (Lipinski definition) is 1. The van der Waals surface area contributed by atoms with Crippen molar-refractivity contribution in [1.29, 1.82) is 0 Å². The minimum absolute atomic E-state index is 0.0561. The van der Waals surface area contributed by atoms with Crippen LogP contribution in [0.25, 0.3) is 0 Å². The Balaban J connectivity index is 2.25. The summed E-state index contributed by atoms with van der Waals surface area (Å²) < 4.78 is 15.8. The molecule has 1 atom stereocenters. The molecule has 0 bridgehead atoms. The van der Waals surface area contributed by atoms with Crippen LogP contribution in [0.5, 0.6) is 0 Å². The summed E-state index contributed by atoms with van der Waals surface area (Å²) in [6.45, 7) is 2.03. The number of anilines is 1. The minimum Gasteiger partial charge on any atom is -0.378 e. The number of hydrogen-bond acceptors (Lipinski definition) is 1. The second-order valence-electron chi connectivity index (χ2n) is 4.16. The van der Waals surface area contributed by atoms with Gasteiger partial charge < -0.3 is 5.32 Å². The van der Waals surface area contributed by atoms with E-state index in [9.17, 15) is 4.39 Å². The van der Waals surface area contributed by atoms with Gasteiger partial charge in [-0.2, -0.15) is 0 Å². The minimum atomic E-state index is -0.244. The van der Waals surface area contributed by atoms with Crippen LogP contribution in [-0.2, 0) is 0 Å². The van der Waals surface area contributed by atoms with Crippen LogP contribution in [0.1, 0.15) is 18.5 Å². The zero-order valence-electron chi connectivity index (χ0n) is 10.1. The average molecular weight is 452 g/mol. The molecule has 0 aliphatic carbocycles. The van der Waals surface area contributed by atoms with E-state index in [1.165, 1.54) is 12.1 Å². The quantitative estimate of drug-likeness (QED) is 0.578. The third-order valence-electron chi connectivity index (χ3n) is 2.73.